The number of hydrogen-bond acceptors (Lipinski definition) is 2. The molecule has 0 saturated carbocycles. The molecular weight excluding hydrogens is 270 g/mol. The zero-order valence-corrected chi connectivity index (χ0v) is 15.4. The van der Waals surface area contributed by atoms with Crippen LogP contribution < -0.4 is 10.1 Å². The molecule has 0 aliphatic rings. The van der Waals surface area contributed by atoms with Gasteiger partial charge in [0.15, 0.2) is 0 Å². The number of ether oxygens (including phenoxy) is 1. The minimum absolute atomic E-state index is 0.119. The van der Waals surface area contributed by atoms with Crippen LogP contribution in [0.5, 0.6) is 5.75 Å². The fourth-order valence-electron chi connectivity index (χ4n) is 1.86. The SMILES string of the molecule is CCC(C)(C)/C=C/c1cccc(O[C@@H](C)CNC(C)(C)C)c1. The second-order valence-electron chi connectivity index (χ2n) is 7.81. The van der Waals surface area contributed by atoms with Crippen molar-refractivity contribution >= 4 is 6.08 Å². The zero-order chi connectivity index (χ0) is 16.8. The van der Waals surface area contributed by atoms with Gasteiger partial charge in [-0.2, -0.15) is 0 Å². The van der Waals surface area contributed by atoms with Crippen LogP contribution in [0.2, 0.25) is 0 Å². The average molecular weight is 303 g/mol. The summed E-state index contributed by atoms with van der Waals surface area (Å²) < 4.78 is 6.01. The van der Waals surface area contributed by atoms with Gasteiger partial charge in [0.1, 0.15) is 11.9 Å². The van der Waals surface area contributed by atoms with Crippen molar-refractivity contribution in [1.29, 1.82) is 0 Å². The van der Waals surface area contributed by atoms with E-state index in [0.29, 0.717) is 0 Å². The first-order chi connectivity index (χ1) is 10.1. The van der Waals surface area contributed by atoms with Gasteiger partial charge >= 0.3 is 0 Å². The van der Waals surface area contributed by atoms with E-state index in [2.05, 4.69) is 84.1 Å². The number of rotatable bonds is 7. The van der Waals surface area contributed by atoms with Gasteiger partial charge in [0.05, 0.1) is 0 Å². The minimum Gasteiger partial charge on any atom is -0.489 e. The fourth-order valence-corrected chi connectivity index (χ4v) is 1.86. The lowest BCUT2D eigenvalue weighted by molar-refractivity contribution is 0.203. The second kappa shape index (κ2) is 7.82. The van der Waals surface area contributed by atoms with Gasteiger partial charge in [-0.1, -0.05) is 45.1 Å². The van der Waals surface area contributed by atoms with Gasteiger partial charge in [-0.3, -0.25) is 0 Å². The fraction of sp³-hybridized carbons (Fsp3) is 0.600. The highest BCUT2D eigenvalue weighted by Crippen LogP contribution is 2.24. The van der Waals surface area contributed by atoms with E-state index >= 15 is 0 Å². The molecule has 0 fully saturated rings. The van der Waals surface area contributed by atoms with E-state index in [9.17, 15) is 0 Å². The molecule has 124 valence electrons. The van der Waals surface area contributed by atoms with Gasteiger partial charge in [-0.25, -0.2) is 0 Å². The van der Waals surface area contributed by atoms with Crippen molar-refractivity contribution < 1.29 is 4.74 Å². The Morgan fingerprint density at radius 2 is 1.86 bits per heavy atom. The summed E-state index contributed by atoms with van der Waals surface area (Å²) in [6.07, 6.45) is 5.74. The van der Waals surface area contributed by atoms with Crippen LogP contribution in [0.1, 0.15) is 60.5 Å². The topological polar surface area (TPSA) is 21.3 Å². The van der Waals surface area contributed by atoms with E-state index in [1.807, 2.05) is 6.07 Å². The maximum absolute atomic E-state index is 6.01. The summed E-state index contributed by atoms with van der Waals surface area (Å²) in [6.45, 7) is 16.2. The molecule has 1 atom stereocenters. The predicted octanol–water partition coefficient (Wildman–Crippen LogP) is 5.29. The van der Waals surface area contributed by atoms with E-state index in [4.69, 9.17) is 4.74 Å². The Morgan fingerprint density at radius 1 is 1.18 bits per heavy atom. The van der Waals surface area contributed by atoms with Gasteiger partial charge in [-0.15, -0.1) is 0 Å². The van der Waals surface area contributed by atoms with Crippen LogP contribution in [0.25, 0.3) is 6.08 Å². The van der Waals surface area contributed by atoms with Crippen molar-refractivity contribution in [2.45, 2.75) is 66.5 Å². The van der Waals surface area contributed by atoms with Crippen molar-refractivity contribution in [1.82, 2.24) is 5.32 Å². The molecule has 1 aromatic carbocycles. The highest BCUT2D eigenvalue weighted by molar-refractivity contribution is 5.52. The maximum Gasteiger partial charge on any atom is 0.120 e. The van der Waals surface area contributed by atoms with Crippen LogP contribution in [-0.2, 0) is 0 Å². The Morgan fingerprint density at radius 3 is 2.45 bits per heavy atom. The third kappa shape index (κ3) is 7.65. The van der Waals surface area contributed by atoms with Crippen LogP contribution in [0.15, 0.2) is 30.3 Å². The van der Waals surface area contributed by atoms with Gasteiger partial charge in [0, 0.05) is 12.1 Å². The third-order valence-electron chi connectivity index (χ3n) is 3.75. The molecular formula is C20H33NO. The summed E-state index contributed by atoms with van der Waals surface area (Å²) in [6, 6.07) is 8.30. The Kier molecular flexibility index (Phi) is 6.67. The van der Waals surface area contributed by atoms with Crippen molar-refractivity contribution in [2.24, 2.45) is 5.41 Å². The highest BCUT2D eigenvalue weighted by atomic mass is 16.5. The van der Waals surface area contributed by atoms with E-state index in [1.165, 1.54) is 5.56 Å². The van der Waals surface area contributed by atoms with Crippen LogP contribution in [0.4, 0.5) is 0 Å². The Bertz CT molecular complexity index is 483. The molecule has 0 saturated heterocycles. The first kappa shape index (κ1) is 18.8. The average Bonchev–Trinajstić information content (AvgIpc) is 2.43. The quantitative estimate of drug-likeness (QED) is 0.739. The summed E-state index contributed by atoms with van der Waals surface area (Å²) in [4.78, 5) is 0. The number of nitrogens with one attached hydrogen (secondary N) is 1. The number of allylic oxidation sites excluding steroid dienone is 1. The molecule has 0 heterocycles. The van der Waals surface area contributed by atoms with E-state index in [1.54, 1.807) is 0 Å². The lowest BCUT2D eigenvalue weighted by atomic mass is 9.89. The normalized spacial score (nSPS) is 14.3. The lowest BCUT2D eigenvalue weighted by Gasteiger charge is -2.24. The number of benzene rings is 1. The number of hydrogen-bond donors (Lipinski definition) is 1. The largest absolute Gasteiger partial charge is 0.489 e. The van der Waals surface area contributed by atoms with Crippen molar-refractivity contribution in [3.05, 3.63) is 35.9 Å². The summed E-state index contributed by atoms with van der Waals surface area (Å²) in [5.74, 6) is 0.930. The first-order valence-corrected chi connectivity index (χ1v) is 8.32. The molecule has 1 rings (SSSR count). The molecule has 0 aliphatic heterocycles. The summed E-state index contributed by atoms with van der Waals surface area (Å²) in [5.41, 5.74) is 1.55. The molecule has 0 bridgehead atoms. The van der Waals surface area contributed by atoms with E-state index in [-0.39, 0.29) is 17.1 Å². The highest BCUT2D eigenvalue weighted by Gasteiger charge is 2.12. The second-order valence-corrected chi connectivity index (χ2v) is 7.81. The van der Waals surface area contributed by atoms with Gasteiger partial charge < -0.3 is 10.1 Å². The van der Waals surface area contributed by atoms with E-state index in [0.717, 1.165) is 18.7 Å². The van der Waals surface area contributed by atoms with Crippen molar-refractivity contribution in [2.75, 3.05) is 6.54 Å². The van der Waals surface area contributed by atoms with Crippen LogP contribution in [0.3, 0.4) is 0 Å². The van der Waals surface area contributed by atoms with E-state index < -0.39 is 0 Å². The molecule has 0 aromatic heterocycles. The Labute approximate surface area is 137 Å². The molecule has 1 N–H and O–H groups in total. The lowest BCUT2D eigenvalue weighted by Crippen LogP contribution is -2.41. The molecule has 0 amide bonds. The monoisotopic (exact) mass is 303 g/mol. The molecule has 2 heteroatoms. The van der Waals surface area contributed by atoms with Crippen LogP contribution >= 0.6 is 0 Å². The zero-order valence-electron chi connectivity index (χ0n) is 15.4. The van der Waals surface area contributed by atoms with Crippen LogP contribution in [0, 0.1) is 5.41 Å². The minimum atomic E-state index is 0.119. The van der Waals surface area contributed by atoms with Gasteiger partial charge in [0.25, 0.3) is 0 Å². The van der Waals surface area contributed by atoms with Crippen molar-refractivity contribution in [3.8, 4) is 5.75 Å². The third-order valence-corrected chi connectivity index (χ3v) is 3.75. The standard InChI is InChI=1S/C20H33NO/c1-8-20(6,7)13-12-17-10-9-11-18(14-17)22-16(2)15-21-19(3,4)5/h9-14,16,21H,8,15H2,1-7H3/b13-12+/t16-/m0/s1. The smallest absolute Gasteiger partial charge is 0.120 e. The van der Waals surface area contributed by atoms with Gasteiger partial charge in [0.2, 0.25) is 0 Å². The molecule has 1 aromatic rings. The van der Waals surface area contributed by atoms with Crippen LogP contribution in [-0.4, -0.2) is 18.2 Å². The molecule has 0 spiro atoms. The molecule has 0 radical (unpaired) electrons. The first-order valence-electron chi connectivity index (χ1n) is 8.32. The Balaban J connectivity index is 2.64. The summed E-state index contributed by atoms with van der Waals surface area (Å²) in [7, 11) is 0. The predicted molar refractivity (Wildman–Crippen MR) is 97.4 cm³/mol. The molecule has 22 heavy (non-hydrogen) atoms. The Hall–Kier alpha value is -1.28. The molecule has 0 aliphatic carbocycles. The molecule has 0 unspecified atom stereocenters. The van der Waals surface area contributed by atoms with Gasteiger partial charge in [-0.05, 0) is 57.2 Å². The molecule has 2 nitrogen and oxygen atoms in total. The summed E-state index contributed by atoms with van der Waals surface area (Å²) in [5, 5.41) is 3.47. The maximum atomic E-state index is 6.01. The summed E-state index contributed by atoms with van der Waals surface area (Å²) >= 11 is 0. The van der Waals surface area contributed by atoms with Crippen molar-refractivity contribution in [3.63, 3.8) is 0 Å².